The van der Waals surface area contributed by atoms with Gasteiger partial charge in [0.1, 0.15) is 11.8 Å². The molecule has 6 N–H and O–H groups in total. The van der Waals surface area contributed by atoms with E-state index in [1.807, 2.05) is 0 Å². The molecule has 0 heterocycles. The highest BCUT2D eigenvalue weighted by Crippen LogP contribution is 2.24. The number of carboxylic acids is 1. The maximum absolute atomic E-state index is 12.1. The Labute approximate surface area is 120 Å². The van der Waals surface area contributed by atoms with E-state index in [0.29, 0.717) is 0 Å². The van der Waals surface area contributed by atoms with Crippen molar-refractivity contribution >= 4 is 23.6 Å². The van der Waals surface area contributed by atoms with Crippen molar-refractivity contribution in [2.24, 2.45) is 11.7 Å². The Morgan fingerprint density at radius 3 is 2.29 bits per heavy atom. The van der Waals surface area contributed by atoms with Gasteiger partial charge >= 0.3 is 12.0 Å². The molecule has 0 spiro atoms. The van der Waals surface area contributed by atoms with Crippen LogP contribution in [-0.4, -0.2) is 34.2 Å². The van der Waals surface area contributed by atoms with E-state index in [-0.39, 0.29) is 22.9 Å². The van der Waals surface area contributed by atoms with E-state index in [0.717, 1.165) is 6.07 Å². The Morgan fingerprint density at radius 1 is 1.24 bits per heavy atom. The second-order valence-electron chi connectivity index (χ2n) is 4.76. The molecule has 114 valence electrons. The number of aromatic carboxylic acids is 1. The van der Waals surface area contributed by atoms with Crippen molar-refractivity contribution in [1.29, 1.82) is 0 Å². The molecular formula is C13H17N3O5. The first-order valence-corrected chi connectivity index (χ1v) is 6.15. The number of hydrogen-bond donors (Lipinski definition) is 5. The van der Waals surface area contributed by atoms with E-state index >= 15 is 0 Å². The predicted octanol–water partition coefficient (Wildman–Crippen LogP) is 0.722. The minimum atomic E-state index is -1.20. The molecule has 0 aromatic heterocycles. The third-order valence-electron chi connectivity index (χ3n) is 2.75. The average molecular weight is 295 g/mol. The fraction of sp³-hybridized carbons (Fsp3) is 0.308. The van der Waals surface area contributed by atoms with E-state index in [2.05, 4.69) is 10.6 Å². The summed E-state index contributed by atoms with van der Waals surface area (Å²) in [7, 11) is 0. The minimum absolute atomic E-state index is 0.0434. The summed E-state index contributed by atoms with van der Waals surface area (Å²) >= 11 is 0. The van der Waals surface area contributed by atoms with Gasteiger partial charge in [-0.3, -0.25) is 4.79 Å². The van der Waals surface area contributed by atoms with E-state index < -0.39 is 23.9 Å². The molecule has 1 aromatic rings. The topological polar surface area (TPSA) is 142 Å². The molecule has 0 bridgehead atoms. The van der Waals surface area contributed by atoms with Gasteiger partial charge < -0.3 is 26.6 Å². The number of hydrogen-bond acceptors (Lipinski definition) is 4. The van der Waals surface area contributed by atoms with E-state index in [1.165, 1.54) is 12.1 Å². The number of primary amides is 1. The van der Waals surface area contributed by atoms with Crippen molar-refractivity contribution in [2.45, 2.75) is 19.9 Å². The quantitative estimate of drug-likeness (QED) is 0.509. The van der Waals surface area contributed by atoms with Gasteiger partial charge in [-0.15, -0.1) is 0 Å². The molecular weight excluding hydrogens is 278 g/mol. The van der Waals surface area contributed by atoms with Crippen molar-refractivity contribution < 1.29 is 24.6 Å². The lowest BCUT2D eigenvalue weighted by Gasteiger charge is -2.20. The van der Waals surface area contributed by atoms with Gasteiger partial charge in [0.25, 0.3) is 0 Å². The molecule has 8 nitrogen and oxygen atoms in total. The Kier molecular flexibility index (Phi) is 5.12. The number of phenolic OH excluding ortho intramolecular Hbond substituents is 1. The molecule has 8 heteroatoms. The maximum Gasteiger partial charge on any atom is 0.335 e. The molecule has 0 aliphatic rings. The second kappa shape index (κ2) is 6.60. The van der Waals surface area contributed by atoms with Crippen LogP contribution in [0.15, 0.2) is 18.2 Å². The van der Waals surface area contributed by atoms with Crippen LogP contribution in [0.4, 0.5) is 10.5 Å². The van der Waals surface area contributed by atoms with Gasteiger partial charge in [-0.1, -0.05) is 13.8 Å². The fourth-order valence-electron chi connectivity index (χ4n) is 1.67. The molecule has 1 unspecified atom stereocenters. The number of rotatable bonds is 5. The minimum Gasteiger partial charge on any atom is -0.506 e. The number of nitrogens with one attached hydrogen (secondary N) is 2. The van der Waals surface area contributed by atoms with E-state index in [9.17, 15) is 19.5 Å². The monoisotopic (exact) mass is 295 g/mol. The number of phenols is 1. The van der Waals surface area contributed by atoms with Crippen molar-refractivity contribution in [2.75, 3.05) is 5.32 Å². The van der Waals surface area contributed by atoms with Crippen LogP contribution in [0.25, 0.3) is 0 Å². The third kappa shape index (κ3) is 4.37. The Hall–Kier alpha value is -2.77. The Balaban J connectivity index is 2.91. The fourth-order valence-corrected chi connectivity index (χ4v) is 1.67. The maximum atomic E-state index is 12.1. The highest BCUT2D eigenvalue weighted by molar-refractivity contribution is 5.98. The zero-order valence-corrected chi connectivity index (χ0v) is 11.6. The van der Waals surface area contributed by atoms with Gasteiger partial charge in [-0.05, 0) is 24.1 Å². The molecule has 0 aliphatic heterocycles. The summed E-state index contributed by atoms with van der Waals surface area (Å²) in [6.07, 6.45) is 0. The predicted molar refractivity (Wildman–Crippen MR) is 75.0 cm³/mol. The summed E-state index contributed by atoms with van der Waals surface area (Å²) in [5.74, 6) is -2.37. The average Bonchev–Trinajstić information content (AvgIpc) is 2.37. The molecule has 1 rings (SSSR count). The number of anilines is 1. The number of aromatic hydroxyl groups is 1. The van der Waals surface area contributed by atoms with Crippen LogP contribution in [-0.2, 0) is 4.79 Å². The van der Waals surface area contributed by atoms with E-state index in [4.69, 9.17) is 10.8 Å². The second-order valence-corrected chi connectivity index (χ2v) is 4.76. The first-order valence-electron chi connectivity index (χ1n) is 6.15. The van der Waals surface area contributed by atoms with Crippen LogP contribution in [0.1, 0.15) is 24.2 Å². The summed E-state index contributed by atoms with van der Waals surface area (Å²) in [6, 6.07) is 1.81. The number of amides is 3. The first-order chi connectivity index (χ1) is 9.72. The van der Waals surface area contributed by atoms with Crippen LogP contribution in [0.5, 0.6) is 5.75 Å². The molecule has 1 atom stereocenters. The number of nitrogens with two attached hydrogens (primary N) is 1. The van der Waals surface area contributed by atoms with Gasteiger partial charge in [0.2, 0.25) is 5.91 Å². The van der Waals surface area contributed by atoms with Crippen molar-refractivity contribution in [3.8, 4) is 5.75 Å². The lowest BCUT2D eigenvalue weighted by molar-refractivity contribution is -0.118. The highest BCUT2D eigenvalue weighted by Gasteiger charge is 2.24. The lowest BCUT2D eigenvalue weighted by Crippen LogP contribution is -2.49. The van der Waals surface area contributed by atoms with Crippen molar-refractivity contribution in [3.05, 3.63) is 23.8 Å². The Morgan fingerprint density at radius 2 is 1.86 bits per heavy atom. The number of carboxylic acid groups (broad SMARTS) is 1. The lowest BCUT2D eigenvalue weighted by atomic mass is 10.0. The Bertz CT molecular complexity index is 571. The van der Waals surface area contributed by atoms with Gasteiger partial charge in [0, 0.05) is 0 Å². The zero-order chi connectivity index (χ0) is 16.2. The highest BCUT2D eigenvalue weighted by atomic mass is 16.4. The normalized spacial score (nSPS) is 11.8. The smallest absolute Gasteiger partial charge is 0.335 e. The largest absolute Gasteiger partial charge is 0.506 e. The van der Waals surface area contributed by atoms with Gasteiger partial charge in [-0.2, -0.15) is 0 Å². The van der Waals surface area contributed by atoms with Gasteiger partial charge in [0.05, 0.1) is 11.3 Å². The number of benzene rings is 1. The summed E-state index contributed by atoms with van der Waals surface area (Å²) in [6.45, 7) is 3.43. The summed E-state index contributed by atoms with van der Waals surface area (Å²) < 4.78 is 0. The summed E-state index contributed by atoms with van der Waals surface area (Å²) in [4.78, 5) is 33.7. The SMILES string of the molecule is CC(C)C(NC(N)=O)C(=O)Nc1ccc(C(=O)O)cc1O. The summed E-state index contributed by atoms with van der Waals surface area (Å²) in [5.41, 5.74) is 4.93. The molecule has 0 radical (unpaired) electrons. The summed E-state index contributed by atoms with van der Waals surface area (Å²) in [5, 5.41) is 23.2. The molecule has 0 fully saturated rings. The van der Waals surface area contributed by atoms with Crippen LogP contribution < -0.4 is 16.4 Å². The molecule has 1 aromatic carbocycles. The molecule has 0 saturated carbocycles. The number of carbonyl (C=O) groups excluding carboxylic acids is 2. The van der Waals surface area contributed by atoms with Crippen LogP contribution in [0, 0.1) is 5.92 Å². The molecule has 3 amide bonds. The molecule has 21 heavy (non-hydrogen) atoms. The first kappa shape index (κ1) is 16.3. The van der Waals surface area contributed by atoms with Crippen LogP contribution in [0.3, 0.4) is 0 Å². The molecule has 0 aliphatic carbocycles. The van der Waals surface area contributed by atoms with Gasteiger partial charge in [0.15, 0.2) is 0 Å². The number of carbonyl (C=O) groups is 3. The zero-order valence-electron chi connectivity index (χ0n) is 11.6. The van der Waals surface area contributed by atoms with Crippen molar-refractivity contribution in [3.63, 3.8) is 0 Å². The van der Waals surface area contributed by atoms with E-state index in [1.54, 1.807) is 13.8 Å². The molecule has 0 saturated heterocycles. The number of urea groups is 1. The van der Waals surface area contributed by atoms with Crippen LogP contribution in [0.2, 0.25) is 0 Å². The third-order valence-corrected chi connectivity index (χ3v) is 2.75. The van der Waals surface area contributed by atoms with Gasteiger partial charge in [-0.25, -0.2) is 9.59 Å². The van der Waals surface area contributed by atoms with Crippen LogP contribution >= 0.6 is 0 Å². The van der Waals surface area contributed by atoms with Crippen molar-refractivity contribution in [1.82, 2.24) is 5.32 Å². The standard InChI is InChI=1S/C13H17N3O5/c1-6(2)10(16-13(14)21)11(18)15-8-4-3-7(12(19)20)5-9(8)17/h3-6,10,17H,1-2H3,(H,15,18)(H,19,20)(H3,14,16,21).